The second kappa shape index (κ2) is 7.30. The fourth-order valence-corrected chi connectivity index (χ4v) is 1.43. The Bertz CT molecular complexity index is 440. The highest BCUT2D eigenvalue weighted by Gasteiger charge is 2.11. The lowest BCUT2D eigenvalue weighted by molar-refractivity contribution is -0.136. The quantitative estimate of drug-likeness (QED) is 0.767. The molecule has 5 heteroatoms. The van der Waals surface area contributed by atoms with Crippen LogP contribution < -0.4 is 10.1 Å². The van der Waals surface area contributed by atoms with E-state index in [1.165, 1.54) is 0 Å². The molecule has 0 radical (unpaired) electrons. The van der Waals surface area contributed by atoms with E-state index in [4.69, 9.17) is 15.1 Å². The highest BCUT2D eigenvalue weighted by Crippen LogP contribution is 2.19. The summed E-state index contributed by atoms with van der Waals surface area (Å²) in [5, 5.41) is 20.2. The third-order valence-corrected chi connectivity index (χ3v) is 2.25. The first-order valence-corrected chi connectivity index (χ1v) is 5.75. The minimum Gasteiger partial charge on any atom is -0.494 e. The standard InChI is InChI=1S/C13H16N2O3/c1-2-6-18-11-5-3-4-10(7-11)12(8-14)15-9-13(16)17/h3-5,7,12,15H,2,6,9H2,1H3,(H,16,17). The van der Waals surface area contributed by atoms with Crippen LogP contribution in [0.1, 0.15) is 24.9 Å². The number of nitrogens with zero attached hydrogens (tertiary/aromatic N) is 1. The van der Waals surface area contributed by atoms with Crippen LogP contribution in [0.25, 0.3) is 0 Å². The Balaban J connectivity index is 2.73. The van der Waals surface area contributed by atoms with Crippen molar-refractivity contribution in [3.63, 3.8) is 0 Å². The van der Waals surface area contributed by atoms with Gasteiger partial charge in [-0.05, 0) is 24.1 Å². The molecule has 0 amide bonds. The second-order valence-corrected chi connectivity index (χ2v) is 3.76. The molecule has 0 saturated carbocycles. The van der Waals surface area contributed by atoms with E-state index < -0.39 is 12.0 Å². The van der Waals surface area contributed by atoms with E-state index in [9.17, 15) is 4.79 Å². The van der Waals surface area contributed by atoms with Gasteiger partial charge in [0, 0.05) is 0 Å². The Morgan fingerprint density at radius 3 is 3.00 bits per heavy atom. The predicted molar refractivity (Wildman–Crippen MR) is 66.2 cm³/mol. The number of carboxylic acids is 1. The second-order valence-electron chi connectivity index (χ2n) is 3.76. The highest BCUT2D eigenvalue weighted by atomic mass is 16.5. The van der Waals surface area contributed by atoms with E-state index in [1.807, 2.05) is 19.1 Å². The Morgan fingerprint density at radius 2 is 2.39 bits per heavy atom. The third-order valence-electron chi connectivity index (χ3n) is 2.25. The maximum Gasteiger partial charge on any atom is 0.317 e. The van der Waals surface area contributed by atoms with Crippen molar-refractivity contribution in [3.8, 4) is 11.8 Å². The van der Waals surface area contributed by atoms with E-state index in [0.717, 1.165) is 6.42 Å². The molecule has 1 unspecified atom stereocenters. The summed E-state index contributed by atoms with van der Waals surface area (Å²) in [7, 11) is 0. The number of aliphatic carboxylic acids is 1. The maximum atomic E-state index is 10.5. The van der Waals surface area contributed by atoms with Crippen molar-refractivity contribution >= 4 is 5.97 Å². The molecule has 0 bridgehead atoms. The van der Waals surface area contributed by atoms with Crippen molar-refractivity contribution in [3.05, 3.63) is 29.8 Å². The zero-order valence-corrected chi connectivity index (χ0v) is 10.2. The number of carboxylic acid groups (broad SMARTS) is 1. The summed E-state index contributed by atoms with van der Waals surface area (Å²) in [6, 6.07) is 8.49. The van der Waals surface area contributed by atoms with E-state index in [2.05, 4.69) is 5.32 Å². The molecule has 0 aliphatic rings. The molecule has 0 fully saturated rings. The summed E-state index contributed by atoms with van der Waals surface area (Å²) >= 11 is 0. The van der Waals surface area contributed by atoms with Crippen molar-refractivity contribution in [1.82, 2.24) is 5.32 Å². The van der Waals surface area contributed by atoms with Gasteiger partial charge in [-0.2, -0.15) is 5.26 Å². The predicted octanol–water partition coefficient (Wildman–Crippen LogP) is 1.71. The number of ether oxygens (including phenoxy) is 1. The van der Waals surface area contributed by atoms with Crippen LogP contribution in [0, 0.1) is 11.3 Å². The van der Waals surface area contributed by atoms with Gasteiger partial charge in [0.1, 0.15) is 11.8 Å². The zero-order valence-electron chi connectivity index (χ0n) is 10.2. The summed E-state index contributed by atoms with van der Waals surface area (Å²) in [4.78, 5) is 10.5. The Morgan fingerprint density at radius 1 is 1.61 bits per heavy atom. The topological polar surface area (TPSA) is 82.3 Å². The fraction of sp³-hybridized carbons (Fsp3) is 0.385. The summed E-state index contributed by atoms with van der Waals surface area (Å²) in [5.74, 6) is -0.305. The molecule has 18 heavy (non-hydrogen) atoms. The van der Waals surface area contributed by atoms with Crippen LogP contribution >= 0.6 is 0 Å². The number of nitrogens with one attached hydrogen (secondary N) is 1. The molecule has 1 atom stereocenters. The smallest absolute Gasteiger partial charge is 0.317 e. The van der Waals surface area contributed by atoms with Crippen molar-refractivity contribution in [1.29, 1.82) is 5.26 Å². The number of rotatable bonds is 7. The van der Waals surface area contributed by atoms with Gasteiger partial charge in [0.05, 0.1) is 19.2 Å². The first-order valence-electron chi connectivity index (χ1n) is 5.75. The van der Waals surface area contributed by atoms with Crippen LogP contribution in [0.3, 0.4) is 0 Å². The fourth-order valence-electron chi connectivity index (χ4n) is 1.43. The van der Waals surface area contributed by atoms with Gasteiger partial charge in [-0.15, -0.1) is 0 Å². The molecule has 1 aromatic carbocycles. The number of carbonyl (C=O) groups is 1. The van der Waals surface area contributed by atoms with Gasteiger partial charge in [0.25, 0.3) is 0 Å². The largest absolute Gasteiger partial charge is 0.494 e. The van der Waals surface area contributed by atoms with Gasteiger partial charge in [0.15, 0.2) is 0 Å². The van der Waals surface area contributed by atoms with Crippen molar-refractivity contribution < 1.29 is 14.6 Å². The Kier molecular flexibility index (Phi) is 5.68. The molecule has 5 nitrogen and oxygen atoms in total. The lowest BCUT2D eigenvalue weighted by atomic mass is 10.1. The van der Waals surface area contributed by atoms with Crippen LogP contribution in [0.15, 0.2) is 24.3 Å². The van der Waals surface area contributed by atoms with Gasteiger partial charge in [-0.1, -0.05) is 19.1 Å². The van der Waals surface area contributed by atoms with Crippen molar-refractivity contribution in [2.45, 2.75) is 19.4 Å². The van der Waals surface area contributed by atoms with Crippen molar-refractivity contribution in [2.75, 3.05) is 13.2 Å². The van der Waals surface area contributed by atoms with Crippen LogP contribution in [-0.4, -0.2) is 24.2 Å². The normalized spacial score (nSPS) is 11.6. The molecule has 0 aliphatic heterocycles. The number of benzene rings is 1. The van der Waals surface area contributed by atoms with E-state index >= 15 is 0 Å². The van der Waals surface area contributed by atoms with E-state index in [1.54, 1.807) is 18.2 Å². The molecular weight excluding hydrogens is 232 g/mol. The molecular formula is C13H16N2O3. The van der Waals surface area contributed by atoms with Crippen molar-refractivity contribution in [2.24, 2.45) is 0 Å². The lowest BCUT2D eigenvalue weighted by Crippen LogP contribution is -2.26. The number of hydrogen-bond donors (Lipinski definition) is 2. The van der Waals surface area contributed by atoms with E-state index in [-0.39, 0.29) is 6.54 Å². The van der Waals surface area contributed by atoms with Crippen LogP contribution in [0.2, 0.25) is 0 Å². The molecule has 0 aromatic heterocycles. The minimum atomic E-state index is -0.992. The molecule has 2 N–H and O–H groups in total. The van der Waals surface area contributed by atoms with Gasteiger partial charge in [0.2, 0.25) is 0 Å². The van der Waals surface area contributed by atoms with Gasteiger partial charge in [-0.25, -0.2) is 0 Å². The van der Waals surface area contributed by atoms with Gasteiger partial charge < -0.3 is 9.84 Å². The number of nitriles is 1. The Hall–Kier alpha value is -2.06. The Labute approximate surface area is 106 Å². The first kappa shape index (κ1) is 14.0. The minimum absolute atomic E-state index is 0.252. The summed E-state index contributed by atoms with van der Waals surface area (Å²) in [5.41, 5.74) is 0.701. The lowest BCUT2D eigenvalue weighted by Gasteiger charge is -2.12. The first-order chi connectivity index (χ1) is 8.67. The number of hydrogen-bond acceptors (Lipinski definition) is 4. The molecule has 96 valence electrons. The molecule has 0 saturated heterocycles. The van der Waals surface area contributed by atoms with Crippen LogP contribution in [0.5, 0.6) is 5.75 Å². The molecule has 0 heterocycles. The average molecular weight is 248 g/mol. The maximum absolute atomic E-state index is 10.5. The van der Waals surface area contributed by atoms with Gasteiger partial charge >= 0.3 is 5.97 Å². The summed E-state index contributed by atoms with van der Waals surface area (Å²) in [6.45, 7) is 2.37. The van der Waals surface area contributed by atoms with E-state index in [0.29, 0.717) is 17.9 Å². The monoisotopic (exact) mass is 248 g/mol. The van der Waals surface area contributed by atoms with Crippen LogP contribution in [0.4, 0.5) is 0 Å². The third kappa shape index (κ3) is 4.44. The molecule has 0 aliphatic carbocycles. The molecule has 1 aromatic rings. The van der Waals surface area contributed by atoms with Crippen LogP contribution in [-0.2, 0) is 4.79 Å². The summed E-state index contributed by atoms with van der Waals surface area (Å²) in [6.07, 6.45) is 0.906. The van der Waals surface area contributed by atoms with Gasteiger partial charge in [-0.3, -0.25) is 10.1 Å². The summed E-state index contributed by atoms with van der Waals surface area (Å²) < 4.78 is 5.46. The zero-order chi connectivity index (χ0) is 13.4. The molecule has 0 spiro atoms. The molecule has 1 rings (SSSR count). The average Bonchev–Trinajstić information content (AvgIpc) is 2.37. The SMILES string of the molecule is CCCOc1cccc(C(C#N)NCC(=O)O)c1. The highest BCUT2D eigenvalue weighted by molar-refractivity contribution is 5.69.